The molecule has 0 unspecified atom stereocenters. The third-order valence-corrected chi connectivity index (χ3v) is 3.97. The van der Waals surface area contributed by atoms with E-state index in [1.165, 1.54) is 5.56 Å². The highest BCUT2D eigenvalue weighted by atomic mass is 15.1. The summed E-state index contributed by atoms with van der Waals surface area (Å²) in [5.74, 6) is 1.51. The van der Waals surface area contributed by atoms with Crippen molar-refractivity contribution in [2.45, 2.75) is 6.54 Å². The summed E-state index contributed by atoms with van der Waals surface area (Å²) in [5, 5.41) is 7.70. The summed E-state index contributed by atoms with van der Waals surface area (Å²) in [4.78, 5) is 9.47. The predicted molar refractivity (Wildman–Crippen MR) is 103 cm³/mol. The van der Waals surface area contributed by atoms with E-state index in [0.29, 0.717) is 12.4 Å². The summed E-state index contributed by atoms with van der Waals surface area (Å²) in [6.45, 7) is 0.716. The second-order valence-electron chi connectivity index (χ2n) is 5.72. The molecule has 0 amide bonds. The molecule has 4 nitrogen and oxygen atoms in total. The van der Waals surface area contributed by atoms with E-state index in [4.69, 9.17) is 9.97 Å². The number of anilines is 1. The standard InChI is InChI=1S/C21H18N4/c1-3-9-16(10-4-1)15-23-20-17-11-6-7-12-18(17)24-21(25-20)19-13-5-2-8-14-22-19/h1-14,22H,15H2,(H,23,24,25). The lowest BCUT2D eigenvalue weighted by Gasteiger charge is -2.12. The molecule has 0 saturated heterocycles. The lowest BCUT2D eigenvalue weighted by atomic mass is 10.2. The highest BCUT2D eigenvalue weighted by Crippen LogP contribution is 2.23. The number of nitrogens with one attached hydrogen (secondary N) is 2. The third kappa shape index (κ3) is 3.43. The van der Waals surface area contributed by atoms with Gasteiger partial charge in [-0.15, -0.1) is 0 Å². The zero-order valence-electron chi connectivity index (χ0n) is 13.7. The number of fused-ring (bicyclic) bond motifs is 1. The van der Waals surface area contributed by atoms with Gasteiger partial charge >= 0.3 is 0 Å². The first kappa shape index (κ1) is 15.1. The summed E-state index contributed by atoms with van der Waals surface area (Å²) in [6, 6.07) is 18.4. The molecule has 3 aromatic rings. The maximum absolute atomic E-state index is 4.76. The van der Waals surface area contributed by atoms with Crippen LogP contribution in [0, 0.1) is 0 Å². The van der Waals surface area contributed by atoms with Crippen LogP contribution < -0.4 is 10.6 Å². The van der Waals surface area contributed by atoms with Gasteiger partial charge in [0, 0.05) is 18.1 Å². The largest absolute Gasteiger partial charge is 0.365 e. The Morgan fingerprint density at radius 3 is 2.60 bits per heavy atom. The summed E-state index contributed by atoms with van der Waals surface area (Å²) in [5.41, 5.74) is 3.01. The Balaban J connectivity index is 1.72. The van der Waals surface area contributed by atoms with Crippen LogP contribution in [-0.2, 0) is 6.54 Å². The zero-order chi connectivity index (χ0) is 16.9. The predicted octanol–water partition coefficient (Wildman–Crippen LogP) is 4.26. The number of para-hydroxylation sites is 1. The number of rotatable bonds is 4. The van der Waals surface area contributed by atoms with Gasteiger partial charge in [-0.1, -0.05) is 54.6 Å². The maximum Gasteiger partial charge on any atom is 0.178 e. The molecule has 0 atom stereocenters. The number of hydrogen-bond acceptors (Lipinski definition) is 4. The summed E-state index contributed by atoms with van der Waals surface area (Å²) in [6.07, 6.45) is 9.74. The molecule has 4 rings (SSSR count). The number of aromatic nitrogens is 2. The third-order valence-electron chi connectivity index (χ3n) is 3.97. The monoisotopic (exact) mass is 326 g/mol. The molecule has 0 fully saturated rings. The number of hydrogen-bond donors (Lipinski definition) is 2. The molecule has 0 spiro atoms. The minimum Gasteiger partial charge on any atom is -0.365 e. The van der Waals surface area contributed by atoms with Crippen LogP contribution in [0.1, 0.15) is 11.4 Å². The van der Waals surface area contributed by atoms with Crippen LogP contribution in [0.2, 0.25) is 0 Å². The topological polar surface area (TPSA) is 49.8 Å². The molecule has 122 valence electrons. The van der Waals surface area contributed by atoms with Crippen molar-refractivity contribution >= 4 is 22.4 Å². The lowest BCUT2D eigenvalue weighted by Crippen LogP contribution is -2.10. The van der Waals surface area contributed by atoms with Gasteiger partial charge in [0.1, 0.15) is 5.82 Å². The molecule has 0 aliphatic carbocycles. The van der Waals surface area contributed by atoms with Crippen LogP contribution in [-0.4, -0.2) is 9.97 Å². The fraction of sp³-hybridized carbons (Fsp3) is 0.0476. The molecule has 2 N–H and O–H groups in total. The number of allylic oxidation sites excluding steroid dienone is 4. The summed E-state index contributed by atoms with van der Waals surface area (Å²) >= 11 is 0. The molecular formula is C21H18N4. The summed E-state index contributed by atoms with van der Waals surface area (Å²) in [7, 11) is 0. The van der Waals surface area contributed by atoms with Crippen LogP contribution in [0.5, 0.6) is 0 Å². The Labute approximate surface area is 146 Å². The van der Waals surface area contributed by atoms with E-state index in [2.05, 4.69) is 22.8 Å². The van der Waals surface area contributed by atoms with E-state index in [-0.39, 0.29) is 0 Å². The van der Waals surface area contributed by atoms with Crippen molar-refractivity contribution in [2.24, 2.45) is 0 Å². The molecular weight excluding hydrogens is 308 g/mol. The first-order chi connectivity index (χ1) is 12.4. The number of benzene rings is 2. The summed E-state index contributed by atoms with van der Waals surface area (Å²) < 4.78 is 0. The molecule has 2 heterocycles. The van der Waals surface area contributed by atoms with Crippen LogP contribution in [0.3, 0.4) is 0 Å². The fourth-order valence-electron chi connectivity index (χ4n) is 2.71. The quantitative estimate of drug-likeness (QED) is 0.752. The first-order valence-electron chi connectivity index (χ1n) is 8.25. The van der Waals surface area contributed by atoms with Gasteiger partial charge in [0.05, 0.1) is 11.2 Å². The second-order valence-corrected chi connectivity index (χ2v) is 5.72. The SMILES string of the molecule is C1=CC=C(c2nc(NCc3ccccc3)c3ccccc3n2)NC=C1. The molecule has 1 aliphatic rings. The molecule has 2 aromatic carbocycles. The van der Waals surface area contributed by atoms with Crippen molar-refractivity contribution in [2.75, 3.05) is 5.32 Å². The highest BCUT2D eigenvalue weighted by Gasteiger charge is 2.10. The highest BCUT2D eigenvalue weighted by molar-refractivity contribution is 5.90. The molecule has 0 bridgehead atoms. The van der Waals surface area contributed by atoms with Crippen molar-refractivity contribution in [3.05, 3.63) is 96.5 Å². The van der Waals surface area contributed by atoms with E-state index >= 15 is 0 Å². The van der Waals surface area contributed by atoms with Crippen molar-refractivity contribution < 1.29 is 0 Å². The van der Waals surface area contributed by atoms with E-state index in [1.807, 2.05) is 73.0 Å². The molecule has 1 aliphatic heterocycles. The van der Waals surface area contributed by atoms with Gasteiger partial charge < -0.3 is 10.6 Å². The van der Waals surface area contributed by atoms with Crippen LogP contribution in [0.25, 0.3) is 16.6 Å². The van der Waals surface area contributed by atoms with E-state index in [9.17, 15) is 0 Å². The average Bonchev–Trinajstić information content (AvgIpc) is 2.96. The Bertz CT molecular complexity index is 972. The average molecular weight is 326 g/mol. The minimum absolute atomic E-state index is 0.672. The van der Waals surface area contributed by atoms with Crippen molar-refractivity contribution in [1.29, 1.82) is 0 Å². The Hall–Kier alpha value is -3.40. The lowest BCUT2D eigenvalue weighted by molar-refractivity contribution is 1.06. The fourth-order valence-corrected chi connectivity index (χ4v) is 2.71. The van der Waals surface area contributed by atoms with E-state index in [0.717, 1.165) is 22.4 Å². The molecule has 0 saturated carbocycles. The normalized spacial score (nSPS) is 13.2. The smallest absolute Gasteiger partial charge is 0.178 e. The van der Waals surface area contributed by atoms with Crippen LogP contribution in [0.15, 0.2) is 85.1 Å². The van der Waals surface area contributed by atoms with Crippen molar-refractivity contribution in [1.82, 2.24) is 15.3 Å². The Morgan fingerprint density at radius 2 is 1.68 bits per heavy atom. The number of nitrogens with zero attached hydrogens (tertiary/aromatic N) is 2. The minimum atomic E-state index is 0.672. The Morgan fingerprint density at radius 1 is 0.840 bits per heavy atom. The van der Waals surface area contributed by atoms with Gasteiger partial charge in [-0.3, -0.25) is 0 Å². The van der Waals surface area contributed by atoms with Crippen LogP contribution >= 0.6 is 0 Å². The zero-order valence-corrected chi connectivity index (χ0v) is 13.7. The van der Waals surface area contributed by atoms with Crippen LogP contribution in [0.4, 0.5) is 5.82 Å². The first-order valence-corrected chi connectivity index (χ1v) is 8.25. The van der Waals surface area contributed by atoms with Crippen molar-refractivity contribution in [3.63, 3.8) is 0 Å². The van der Waals surface area contributed by atoms with Gasteiger partial charge in [-0.2, -0.15) is 0 Å². The molecule has 0 radical (unpaired) electrons. The van der Waals surface area contributed by atoms with Crippen molar-refractivity contribution in [3.8, 4) is 0 Å². The van der Waals surface area contributed by atoms with Gasteiger partial charge in [0.25, 0.3) is 0 Å². The van der Waals surface area contributed by atoms with Gasteiger partial charge in [-0.05, 0) is 29.8 Å². The molecule has 25 heavy (non-hydrogen) atoms. The second kappa shape index (κ2) is 7.01. The van der Waals surface area contributed by atoms with E-state index in [1.54, 1.807) is 0 Å². The molecule has 4 heteroatoms. The van der Waals surface area contributed by atoms with Gasteiger partial charge in [0.2, 0.25) is 0 Å². The molecule has 1 aromatic heterocycles. The Kier molecular flexibility index (Phi) is 4.25. The van der Waals surface area contributed by atoms with Gasteiger partial charge in [-0.25, -0.2) is 9.97 Å². The van der Waals surface area contributed by atoms with E-state index < -0.39 is 0 Å². The maximum atomic E-state index is 4.76. The van der Waals surface area contributed by atoms with Gasteiger partial charge in [0.15, 0.2) is 5.82 Å².